The van der Waals surface area contributed by atoms with Crippen LogP contribution in [0.2, 0.25) is 0 Å². The van der Waals surface area contributed by atoms with Crippen LogP contribution in [0.5, 0.6) is 11.5 Å². The van der Waals surface area contributed by atoms with Gasteiger partial charge in [-0.2, -0.15) is 0 Å². The first-order valence-electron chi connectivity index (χ1n) is 14.1. The lowest BCUT2D eigenvalue weighted by molar-refractivity contribution is 0.288. The van der Waals surface area contributed by atoms with Gasteiger partial charge in [-0.25, -0.2) is 0 Å². The molecular formula is C33H52O4. The Morgan fingerprint density at radius 1 is 0.622 bits per heavy atom. The summed E-state index contributed by atoms with van der Waals surface area (Å²) in [7, 11) is 0. The SMILES string of the molecule is CC(C)CC(C)(C)c1cc(CCCO)cc(Cc2cc(CCCO)cc(C(C)(C)CC(C)C)c2O)c1O. The van der Waals surface area contributed by atoms with E-state index in [1.165, 1.54) is 0 Å². The second-order valence-corrected chi connectivity index (χ2v) is 13.1. The summed E-state index contributed by atoms with van der Waals surface area (Å²) in [6, 6.07) is 8.29. The fourth-order valence-corrected chi connectivity index (χ4v) is 6.14. The predicted molar refractivity (Wildman–Crippen MR) is 155 cm³/mol. The van der Waals surface area contributed by atoms with Gasteiger partial charge in [-0.3, -0.25) is 0 Å². The van der Waals surface area contributed by atoms with Gasteiger partial charge >= 0.3 is 0 Å². The van der Waals surface area contributed by atoms with Crippen LogP contribution in [0.1, 0.15) is 114 Å². The van der Waals surface area contributed by atoms with Crippen molar-refractivity contribution in [3.63, 3.8) is 0 Å². The van der Waals surface area contributed by atoms with E-state index in [2.05, 4.69) is 67.5 Å². The molecule has 4 heteroatoms. The highest BCUT2D eigenvalue weighted by Crippen LogP contribution is 2.43. The molecule has 0 fully saturated rings. The van der Waals surface area contributed by atoms with Gasteiger partial charge in [0.2, 0.25) is 0 Å². The van der Waals surface area contributed by atoms with E-state index in [-0.39, 0.29) is 24.0 Å². The predicted octanol–water partition coefficient (Wildman–Crippen LogP) is 7.19. The first kappa shape index (κ1) is 31.2. The van der Waals surface area contributed by atoms with Crippen molar-refractivity contribution in [1.82, 2.24) is 0 Å². The molecule has 4 N–H and O–H groups in total. The summed E-state index contributed by atoms with van der Waals surface area (Å²) in [5.74, 6) is 1.58. The molecule has 0 atom stereocenters. The fourth-order valence-electron chi connectivity index (χ4n) is 6.14. The molecular weight excluding hydrogens is 460 g/mol. The van der Waals surface area contributed by atoms with Crippen molar-refractivity contribution < 1.29 is 20.4 Å². The van der Waals surface area contributed by atoms with E-state index in [0.29, 0.717) is 42.6 Å². The molecule has 2 aromatic carbocycles. The molecule has 37 heavy (non-hydrogen) atoms. The molecule has 0 aliphatic heterocycles. The zero-order valence-corrected chi connectivity index (χ0v) is 24.6. The lowest BCUT2D eigenvalue weighted by Crippen LogP contribution is -2.21. The van der Waals surface area contributed by atoms with Crippen molar-refractivity contribution >= 4 is 0 Å². The van der Waals surface area contributed by atoms with Gasteiger partial charge < -0.3 is 20.4 Å². The number of hydrogen-bond acceptors (Lipinski definition) is 4. The minimum atomic E-state index is -0.211. The highest BCUT2D eigenvalue weighted by Gasteiger charge is 2.29. The van der Waals surface area contributed by atoms with Gasteiger partial charge in [0, 0.05) is 30.8 Å². The van der Waals surface area contributed by atoms with Gasteiger partial charge in [0.25, 0.3) is 0 Å². The number of rotatable bonds is 14. The molecule has 208 valence electrons. The van der Waals surface area contributed by atoms with Crippen LogP contribution in [0, 0.1) is 11.8 Å². The molecule has 0 bridgehead atoms. The van der Waals surface area contributed by atoms with Crippen LogP contribution in [0.3, 0.4) is 0 Å². The highest BCUT2D eigenvalue weighted by molar-refractivity contribution is 5.53. The van der Waals surface area contributed by atoms with Gasteiger partial charge in [-0.15, -0.1) is 0 Å². The fraction of sp³-hybridized carbons (Fsp3) is 0.636. The Bertz CT molecular complexity index is 936. The lowest BCUT2D eigenvalue weighted by atomic mass is 9.75. The molecule has 2 aromatic rings. The Hall–Kier alpha value is -2.04. The van der Waals surface area contributed by atoms with Crippen molar-refractivity contribution in [3.8, 4) is 11.5 Å². The van der Waals surface area contributed by atoms with E-state index in [0.717, 1.165) is 59.1 Å². The number of aromatic hydroxyl groups is 2. The molecule has 0 saturated heterocycles. The molecule has 0 amide bonds. The van der Waals surface area contributed by atoms with Crippen LogP contribution < -0.4 is 0 Å². The van der Waals surface area contributed by atoms with Crippen LogP contribution in [-0.4, -0.2) is 33.6 Å². The van der Waals surface area contributed by atoms with Gasteiger partial charge in [0.1, 0.15) is 11.5 Å². The van der Waals surface area contributed by atoms with Crippen molar-refractivity contribution in [1.29, 1.82) is 0 Å². The first-order chi connectivity index (χ1) is 17.2. The van der Waals surface area contributed by atoms with Gasteiger partial charge in [0.15, 0.2) is 0 Å². The second kappa shape index (κ2) is 13.2. The van der Waals surface area contributed by atoms with Crippen LogP contribution in [-0.2, 0) is 30.1 Å². The average Bonchev–Trinajstić information content (AvgIpc) is 2.77. The molecule has 4 nitrogen and oxygen atoms in total. The Morgan fingerprint density at radius 2 is 0.973 bits per heavy atom. The van der Waals surface area contributed by atoms with E-state index < -0.39 is 0 Å². The third kappa shape index (κ3) is 8.48. The molecule has 0 saturated carbocycles. The molecule has 0 unspecified atom stereocenters. The molecule has 0 aromatic heterocycles. The quantitative estimate of drug-likeness (QED) is 0.216. The standard InChI is InChI=1S/C33H52O4/c1-22(2)20-32(5,6)28-17-24(11-9-13-34)15-26(30(28)36)19-27-16-25(12-10-14-35)18-29(31(27)37)33(7,8)21-23(3)4/h15-18,22-23,34-37H,9-14,19-21H2,1-8H3. The summed E-state index contributed by atoms with van der Waals surface area (Å²) < 4.78 is 0. The third-order valence-corrected chi connectivity index (χ3v) is 7.42. The minimum absolute atomic E-state index is 0.128. The number of phenolic OH excluding ortho intramolecular Hbond substituents is 2. The van der Waals surface area contributed by atoms with E-state index in [1.807, 2.05) is 12.1 Å². The topological polar surface area (TPSA) is 80.9 Å². The van der Waals surface area contributed by atoms with Gasteiger partial charge in [-0.1, -0.05) is 79.7 Å². The summed E-state index contributed by atoms with van der Waals surface area (Å²) in [4.78, 5) is 0. The summed E-state index contributed by atoms with van der Waals surface area (Å²) >= 11 is 0. The molecule has 0 aliphatic rings. The van der Waals surface area contributed by atoms with Crippen LogP contribution >= 0.6 is 0 Å². The third-order valence-electron chi connectivity index (χ3n) is 7.42. The van der Waals surface area contributed by atoms with Gasteiger partial charge in [-0.05, 0) is 83.4 Å². The van der Waals surface area contributed by atoms with E-state index in [9.17, 15) is 20.4 Å². The second-order valence-electron chi connectivity index (χ2n) is 13.1. The zero-order valence-electron chi connectivity index (χ0n) is 24.6. The number of aryl methyl sites for hydroxylation is 2. The summed E-state index contributed by atoms with van der Waals surface area (Å²) in [6.45, 7) is 17.8. The zero-order chi connectivity index (χ0) is 28.0. The molecule has 0 spiro atoms. The van der Waals surface area contributed by atoms with E-state index in [4.69, 9.17) is 0 Å². The smallest absolute Gasteiger partial charge is 0.122 e. The number of aliphatic hydroxyl groups is 2. The summed E-state index contributed by atoms with van der Waals surface area (Å²) in [5, 5.41) is 42.0. The highest BCUT2D eigenvalue weighted by atomic mass is 16.3. The Morgan fingerprint density at radius 3 is 1.27 bits per heavy atom. The maximum absolute atomic E-state index is 11.5. The van der Waals surface area contributed by atoms with Crippen molar-refractivity contribution in [3.05, 3.63) is 57.6 Å². The first-order valence-corrected chi connectivity index (χ1v) is 14.1. The van der Waals surface area contributed by atoms with Crippen molar-refractivity contribution in [2.24, 2.45) is 11.8 Å². The van der Waals surface area contributed by atoms with Crippen LogP contribution in [0.15, 0.2) is 24.3 Å². The van der Waals surface area contributed by atoms with Gasteiger partial charge in [0.05, 0.1) is 0 Å². The molecule has 2 rings (SSSR count). The van der Waals surface area contributed by atoms with Crippen molar-refractivity contribution in [2.45, 2.75) is 111 Å². The molecule has 0 aliphatic carbocycles. The largest absolute Gasteiger partial charge is 0.507 e. The average molecular weight is 513 g/mol. The van der Waals surface area contributed by atoms with Crippen LogP contribution in [0.4, 0.5) is 0 Å². The maximum atomic E-state index is 11.5. The van der Waals surface area contributed by atoms with E-state index >= 15 is 0 Å². The Labute approximate surface area is 225 Å². The lowest BCUT2D eigenvalue weighted by Gasteiger charge is -2.31. The number of phenols is 2. The summed E-state index contributed by atoms with van der Waals surface area (Å²) in [5.41, 5.74) is 5.27. The number of hydrogen-bond donors (Lipinski definition) is 4. The Kier molecular flexibility index (Phi) is 11.1. The Balaban J connectivity index is 2.67. The summed E-state index contributed by atoms with van der Waals surface area (Å²) in [6.07, 6.45) is 5.13. The normalized spacial score (nSPS) is 12.6. The van der Waals surface area contributed by atoms with Crippen molar-refractivity contribution in [2.75, 3.05) is 13.2 Å². The monoisotopic (exact) mass is 512 g/mol. The van der Waals surface area contributed by atoms with Crippen LogP contribution in [0.25, 0.3) is 0 Å². The molecule has 0 heterocycles. The number of benzene rings is 2. The van der Waals surface area contributed by atoms with E-state index in [1.54, 1.807) is 0 Å². The maximum Gasteiger partial charge on any atom is 0.122 e. The molecule has 0 radical (unpaired) electrons. The number of aliphatic hydroxyl groups excluding tert-OH is 2. The minimum Gasteiger partial charge on any atom is -0.507 e.